The lowest BCUT2D eigenvalue weighted by Gasteiger charge is -2.36. The quantitative estimate of drug-likeness (QED) is 0.173. The Morgan fingerprint density at radius 2 is 1.53 bits per heavy atom. The van der Waals surface area contributed by atoms with Gasteiger partial charge in [0.15, 0.2) is 6.10 Å². The van der Waals surface area contributed by atoms with Crippen LogP contribution in [0.1, 0.15) is 87.1 Å². The molecular formula is C29H47NO5Si. The molecule has 7 heteroatoms. The lowest BCUT2D eigenvalue weighted by molar-refractivity contribution is -0.156. The van der Waals surface area contributed by atoms with Crippen molar-refractivity contribution in [2.45, 2.75) is 111 Å². The highest BCUT2D eigenvalue weighted by atomic mass is 28.4. The first-order valence-electron chi connectivity index (χ1n) is 12.8. The summed E-state index contributed by atoms with van der Waals surface area (Å²) < 4.78 is 17.3. The highest BCUT2D eigenvalue weighted by Crippen LogP contribution is 2.37. The van der Waals surface area contributed by atoms with Gasteiger partial charge >= 0.3 is 12.1 Å². The molecule has 0 bridgehead atoms. The number of ether oxygens (including phenoxy) is 2. The van der Waals surface area contributed by atoms with Gasteiger partial charge in [-0.3, -0.25) is 4.79 Å². The molecule has 0 heterocycles. The van der Waals surface area contributed by atoms with Gasteiger partial charge in [0.05, 0.1) is 5.41 Å². The predicted octanol–water partition coefficient (Wildman–Crippen LogP) is 7.08. The molecule has 1 aromatic rings. The van der Waals surface area contributed by atoms with Gasteiger partial charge < -0.3 is 19.2 Å². The summed E-state index contributed by atoms with van der Waals surface area (Å²) in [6.45, 7) is 22.5. The Bertz CT molecular complexity index is 922. The molecule has 1 aromatic carbocycles. The van der Waals surface area contributed by atoms with Gasteiger partial charge in [-0.15, -0.1) is 0 Å². The van der Waals surface area contributed by atoms with Gasteiger partial charge in [-0.2, -0.15) is 0 Å². The summed E-state index contributed by atoms with van der Waals surface area (Å²) in [4.78, 5) is 24.3. The molecule has 0 saturated heterocycles. The second kappa shape index (κ2) is 12.7. The average Bonchev–Trinajstić information content (AvgIpc) is 2.69. The molecule has 0 aliphatic rings. The van der Waals surface area contributed by atoms with Crippen molar-refractivity contribution < 1.29 is 23.5 Å². The van der Waals surface area contributed by atoms with Crippen LogP contribution in [-0.2, 0) is 14.3 Å². The minimum atomic E-state index is -1.90. The zero-order valence-electron chi connectivity index (χ0n) is 24.3. The van der Waals surface area contributed by atoms with E-state index >= 15 is 0 Å². The lowest BCUT2D eigenvalue weighted by Crippen LogP contribution is -2.43. The predicted molar refractivity (Wildman–Crippen MR) is 149 cm³/mol. The summed E-state index contributed by atoms with van der Waals surface area (Å²) in [6, 6.07) is 7.76. The van der Waals surface area contributed by atoms with E-state index in [-0.39, 0.29) is 11.0 Å². The monoisotopic (exact) mass is 517 g/mol. The van der Waals surface area contributed by atoms with Crippen LogP contribution in [0.15, 0.2) is 24.3 Å². The molecule has 1 atom stereocenters. The van der Waals surface area contributed by atoms with Crippen LogP contribution in [0.25, 0.3) is 0 Å². The molecule has 202 valence electrons. The standard InChI is InChI=1S/C29H47NO5Si/c1-27(2,3)25(31)33-23(14-12-13-21-30-26(32)34-28(4,5)6)18-15-22-16-19-24(20-17-22)35-36(10,11)29(7,8)9/h16-17,19-20,23H,12-14,21H2,1-11H3,(H,30,32). The van der Waals surface area contributed by atoms with Crippen molar-refractivity contribution in [3.8, 4) is 17.6 Å². The van der Waals surface area contributed by atoms with Crippen molar-refractivity contribution in [2.24, 2.45) is 5.41 Å². The van der Waals surface area contributed by atoms with E-state index in [1.165, 1.54) is 0 Å². The van der Waals surface area contributed by atoms with E-state index in [0.29, 0.717) is 13.0 Å². The number of hydrogen-bond donors (Lipinski definition) is 1. The Balaban J connectivity index is 2.79. The highest BCUT2D eigenvalue weighted by molar-refractivity contribution is 6.74. The maximum Gasteiger partial charge on any atom is 0.407 e. The number of alkyl carbamates (subject to hydrolysis) is 1. The number of unbranched alkanes of at least 4 members (excludes halogenated alkanes) is 1. The van der Waals surface area contributed by atoms with Crippen molar-refractivity contribution in [2.75, 3.05) is 6.54 Å². The molecule has 0 fully saturated rings. The van der Waals surface area contributed by atoms with E-state index in [2.05, 4.69) is 51.0 Å². The minimum Gasteiger partial charge on any atom is -0.544 e. The Morgan fingerprint density at radius 3 is 2.03 bits per heavy atom. The molecule has 36 heavy (non-hydrogen) atoms. The number of carbonyl (C=O) groups is 2. The van der Waals surface area contributed by atoms with Crippen molar-refractivity contribution in [1.29, 1.82) is 0 Å². The average molecular weight is 518 g/mol. The van der Waals surface area contributed by atoms with Gasteiger partial charge in [-0.05, 0) is 103 Å². The van der Waals surface area contributed by atoms with Crippen molar-refractivity contribution in [1.82, 2.24) is 5.32 Å². The van der Waals surface area contributed by atoms with E-state index in [1.807, 2.05) is 65.8 Å². The van der Waals surface area contributed by atoms with Crippen LogP contribution in [0, 0.1) is 17.3 Å². The molecule has 6 nitrogen and oxygen atoms in total. The summed E-state index contributed by atoms with van der Waals surface area (Å²) in [5.74, 6) is 6.83. The van der Waals surface area contributed by atoms with Gasteiger partial charge in [-0.25, -0.2) is 4.79 Å². The minimum absolute atomic E-state index is 0.123. The normalized spacial score (nSPS) is 13.2. The van der Waals surface area contributed by atoms with Crippen LogP contribution in [0.2, 0.25) is 18.1 Å². The van der Waals surface area contributed by atoms with Crippen molar-refractivity contribution in [3.05, 3.63) is 29.8 Å². The van der Waals surface area contributed by atoms with E-state index in [1.54, 1.807) is 0 Å². The summed E-state index contributed by atoms with van der Waals surface area (Å²) in [7, 11) is -1.90. The number of rotatable bonds is 8. The number of esters is 1. The smallest absolute Gasteiger partial charge is 0.407 e. The van der Waals surface area contributed by atoms with Gasteiger partial charge in [0.1, 0.15) is 11.4 Å². The first-order valence-corrected chi connectivity index (χ1v) is 15.7. The van der Waals surface area contributed by atoms with Crippen LogP contribution < -0.4 is 9.74 Å². The number of carbonyl (C=O) groups excluding carboxylic acids is 2. The van der Waals surface area contributed by atoms with Crippen LogP contribution in [0.4, 0.5) is 4.79 Å². The highest BCUT2D eigenvalue weighted by Gasteiger charge is 2.38. The van der Waals surface area contributed by atoms with Crippen LogP contribution in [0.5, 0.6) is 5.75 Å². The maximum atomic E-state index is 12.5. The fourth-order valence-electron chi connectivity index (χ4n) is 2.64. The van der Waals surface area contributed by atoms with Gasteiger partial charge in [0, 0.05) is 12.1 Å². The first-order chi connectivity index (χ1) is 16.3. The number of amides is 1. The third-order valence-corrected chi connectivity index (χ3v) is 10.2. The van der Waals surface area contributed by atoms with E-state index < -0.39 is 31.5 Å². The van der Waals surface area contributed by atoms with E-state index in [0.717, 1.165) is 24.2 Å². The molecule has 1 rings (SSSR count). The number of hydrogen-bond acceptors (Lipinski definition) is 5. The van der Waals surface area contributed by atoms with Crippen molar-refractivity contribution >= 4 is 20.4 Å². The molecule has 0 spiro atoms. The zero-order chi connectivity index (χ0) is 27.8. The molecule has 0 radical (unpaired) electrons. The van der Waals surface area contributed by atoms with E-state index in [9.17, 15) is 9.59 Å². The van der Waals surface area contributed by atoms with E-state index in [4.69, 9.17) is 13.9 Å². The zero-order valence-corrected chi connectivity index (χ0v) is 25.3. The Hall–Kier alpha value is -2.46. The topological polar surface area (TPSA) is 73.9 Å². The summed E-state index contributed by atoms with van der Waals surface area (Å²) in [6.07, 6.45) is 1.09. The summed E-state index contributed by atoms with van der Waals surface area (Å²) >= 11 is 0. The largest absolute Gasteiger partial charge is 0.544 e. The third kappa shape index (κ3) is 12.0. The van der Waals surface area contributed by atoms with Gasteiger partial charge in [-0.1, -0.05) is 32.6 Å². The fraction of sp³-hybridized carbons (Fsp3) is 0.655. The Labute approximate surface area is 220 Å². The summed E-state index contributed by atoms with van der Waals surface area (Å²) in [5, 5.41) is 2.88. The van der Waals surface area contributed by atoms with Crippen molar-refractivity contribution in [3.63, 3.8) is 0 Å². The molecule has 0 aliphatic heterocycles. The number of nitrogens with one attached hydrogen (secondary N) is 1. The molecule has 1 unspecified atom stereocenters. The SMILES string of the molecule is CC(C)(C)OC(=O)NCCCCC(C#Cc1ccc(O[Si](C)(C)C(C)(C)C)cc1)OC(=O)C(C)(C)C. The second-order valence-corrected chi connectivity index (χ2v) is 17.4. The van der Waals surface area contributed by atoms with Gasteiger partial charge in [0.2, 0.25) is 8.32 Å². The van der Waals surface area contributed by atoms with Crippen LogP contribution in [0.3, 0.4) is 0 Å². The third-order valence-electron chi connectivity index (χ3n) is 5.83. The van der Waals surface area contributed by atoms with Crippen LogP contribution >= 0.6 is 0 Å². The Morgan fingerprint density at radius 1 is 0.944 bits per heavy atom. The Kier molecular flexibility index (Phi) is 11.1. The first kappa shape index (κ1) is 31.6. The second-order valence-electron chi connectivity index (χ2n) is 12.7. The maximum absolute atomic E-state index is 12.5. The lowest BCUT2D eigenvalue weighted by atomic mass is 9.97. The molecular weight excluding hydrogens is 470 g/mol. The molecule has 0 aromatic heterocycles. The summed E-state index contributed by atoms with van der Waals surface area (Å²) in [5.41, 5.74) is -0.303. The molecule has 0 aliphatic carbocycles. The molecule has 1 N–H and O–H groups in total. The van der Waals surface area contributed by atoms with Crippen LogP contribution in [-0.4, -0.2) is 38.6 Å². The molecule has 1 amide bonds. The fourth-order valence-corrected chi connectivity index (χ4v) is 3.68. The molecule has 0 saturated carbocycles. The number of benzene rings is 1. The van der Waals surface area contributed by atoms with Gasteiger partial charge in [0.25, 0.3) is 0 Å².